The number of benzene rings is 1. The molecule has 0 amide bonds. The number of carboxylic acids is 1. The number of rotatable bonds is 5. The van der Waals surface area contributed by atoms with Gasteiger partial charge in [-0.05, 0) is 54.7 Å². The van der Waals surface area contributed by atoms with Crippen LogP contribution in [-0.2, 0) is 4.79 Å². The largest absolute Gasteiger partial charge is 0.481 e. The second kappa shape index (κ2) is 5.32. The van der Waals surface area contributed by atoms with Gasteiger partial charge in [-0.15, -0.1) is 11.8 Å². The van der Waals surface area contributed by atoms with Crippen LogP contribution in [0.5, 0.6) is 0 Å². The van der Waals surface area contributed by atoms with Gasteiger partial charge in [0.25, 0.3) is 0 Å². The maximum absolute atomic E-state index is 10.9. The quantitative estimate of drug-likeness (QED) is 0.821. The molecule has 0 heterocycles. The van der Waals surface area contributed by atoms with Crippen molar-refractivity contribution in [3.63, 3.8) is 0 Å². The zero-order valence-corrected chi connectivity index (χ0v) is 11.2. The fourth-order valence-electron chi connectivity index (χ4n) is 2.15. The lowest BCUT2D eigenvalue weighted by Crippen LogP contribution is -2.09. The summed E-state index contributed by atoms with van der Waals surface area (Å²) in [6.45, 7) is 0. The Balaban J connectivity index is 2.30. The summed E-state index contributed by atoms with van der Waals surface area (Å²) in [7, 11) is 0. The van der Waals surface area contributed by atoms with Gasteiger partial charge < -0.3 is 5.11 Å². The van der Waals surface area contributed by atoms with E-state index in [-0.39, 0.29) is 12.3 Å². The molecule has 0 bridgehead atoms. The Kier molecular flexibility index (Phi) is 4.00. The van der Waals surface area contributed by atoms with Gasteiger partial charge in [0.2, 0.25) is 0 Å². The highest BCUT2D eigenvalue weighted by atomic mass is 35.5. The molecular formula is C13H15ClO2S. The molecule has 0 radical (unpaired) electrons. The molecule has 1 fully saturated rings. The Hall–Kier alpha value is -0.670. The predicted molar refractivity (Wildman–Crippen MR) is 71.0 cm³/mol. The molecule has 1 aliphatic carbocycles. The molecular weight excluding hydrogens is 256 g/mol. The minimum Gasteiger partial charge on any atom is -0.481 e. The summed E-state index contributed by atoms with van der Waals surface area (Å²) in [6, 6.07) is 5.89. The molecule has 1 aromatic rings. The number of carbonyl (C=O) groups is 1. The van der Waals surface area contributed by atoms with E-state index in [4.69, 9.17) is 16.7 Å². The predicted octanol–water partition coefficient (Wildman–Crippen LogP) is 4.03. The SMILES string of the molecule is CSc1ccc(Cl)c(C(CC(=O)O)C2CC2)c1. The highest BCUT2D eigenvalue weighted by Gasteiger charge is 2.34. The summed E-state index contributed by atoms with van der Waals surface area (Å²) in [6.07, 6.45) is 4.44. The number of hydrogen-bond acceptors (Lipinski definition) is 2. The van der Waals surface area contributed by atoms with Crippen molar-refractivity contribution in [1.82, 2.24) is 0 Å². The zero-order valence-electron chi connectivity index (χ0n) is 9.65. The molecule has 0 aromatic heterocycles. The highest BCUT2D eigenvalue weighted by Crippen LogP contribution is 2.46. The maximum atomic E-state index is 10.9. The van der Waals surface area contributed by atoms with Crippen LogP contribution < -0.4 is 0 Å². The smallest absolute Gasteiger partial charge is 0.303 e. The van der Waals surface area contributed by atoms with Gasteiger partial charge in [-0.25, -0.2) is 0 Å². The standard InChI is InChI=1S/C13H15ClO2S/c1-17-9-4-5-12(14)11(6-9)10(7-13(15)16)8-2-3-8/h4-6,8,10H,2-3,7H2,1H3,(H,15,16). The second-order valence-electron chi connectivity index (χ2n) is 4.43. The fourth-order valence-corrected chi connectivity index (χ4v) is 2.86. The summed E-state index contributed by atoms with van der Waals surface area (Å²) in [5.74, 6) is -0.166. The van der Waals surface area contributed by atoms with Gasteiger partial charge in [0.05, 0.1) is 6.42 Å². The summed E-state index contributed by atoms with van der Waals surface area (Å²) in [4.78, 5) is 12.1. The number of hydrogen-bond donors (Lipinski definition) is 1. The maximum Gasteiger partial charge on any atom is 0.303 e. The third-order valence-corrected chi connectivity index (χ3v) is 4.26. The van der Waals surface area contributed by atoms with Crippen LogP contribution in [0.3, 0.4) is 0 Å². The Morgan fingerprint density at radius 1 is 1.59 bits per heavy atom. The molecule has 0 spiro atoms. The van der Waals surface area contributed by atoms with E-state index < -0.39 is 5.97 Å². The lowest BCUT2D eigenvalue weighted by Gasteiger charge is -2.17. The minimum atomic E-state index is -0.743. The average molecular weight is 271 g/mol. The number of thioether (sulfide) groups is 1. The van der Waals surface area contributed by atoms with E-state index in [0.717, 1.165) is 23.3 Å². The van der Waals surface area contributed by atoms with Gasteiger partial charge in [0.15, 0.2) is 0 Å². The first-order valence-corrected chi connectivity index (χ1v) is 7.27. The van der Waals surface area contributed by atoms with Crippen molar-refractivity contribution in [2.45, 2.75) is 30.1 Å². The van der Waals surface area contributed by atoms with Crippen molar-refractivity contribution in [3.8, 4) is 0 Å². The van der Waals surface area contributed by atoms with Crippen molar-refractivity contribution in [3.05, 3.63) is 28.8 Å². The molecule has 1 saturated carbocycles. The van der Waals surface area contributed by atoms with E-state index in [1.807, 2.05) is 24.5 Å². The van der Waals surface area contributed by atoms with Crippen molar-refractivity contribution >= 4 is 29.3 Å². The van der Waals surface area contributed by atoms with Gasteiger partial charge in [-0.2, -0.15) is 0 Å². The van der Waals surface area contributed by atoms with Crippen LogP contribution in [0.4, 0.5) is 0 Å². The van der Waals surface area contributed by atoms with Crippen LogP contribution in [0.1, 0.15) is 30.7 Å². The lowest BCUT2D eigenvalue weighted by atomic mass is 9.91. The second-order valence-corrected chi connectivity index (χ2v) is 5.72. The van der Waals surface area contributed by atoms with Crippen molar-refractivity contribution in [2.75, 3.05) is 6.26 Å². The van der Waals surface area contributed by atoms with Gasteiger partial charge in [-0.3, -0.25) is 4.79 Å². The fraction of sp³-hybridized carbons (Fsp3) is 0.462. The van der Waals surface area contributed by atoms with Gasteiger partial charge >= 0.3 is 5.97 Å². The summed E-state index contributed by atoms with van der Waals surface area (Å²) in [5.41, 5.74) is 1.00. The van der Waals surface area contributed by atoms with Crippen LogP contribution in [-0.4, -0.2) is 17.3 Å². The normalized spacial score (nSPS) is 16.8. The first-order chi connectivity index (χ1) is 8.11. The van der Waals surface area contributed by atoms with Gasteiger partial charge in [0.1, 0.15) is 0 Å². The van der Waals surface area contributed by atoms with Crippen LogP contribution >= 0.6 is 23.4 Å². The van der Waals surface area contributed by atoms with Gasteiger partial charge in [0, 0.05) is 9.92 Å². The van der Waals surface area contributed by atoms with Crippen LogP contribution in [0.25, 0.3) is 0 Å². The Morgan fingerprint density at radius 2 is 2.29 bits per heavy atom. The van der Waals surface area contributed by atoms with E-state index >= 15 is 0 Å². The number of carboxylic acid groups (broad SMARTS) is 1. The highest BCUT2D eigenvalue weighted by molar-refractivity contribution is 7.98. The molecule has 4 heteroatoms. The summed E-state index contributed by atoms with van der Waals surface area (Å²) in [5, 5.41) is 9.69. The Bertz CT molecular complexity index is 429. The molecule has 0 aliphatic heterocycles. The average Bonchev–Trinajstić information content (AvgIpc) is 3.10. The topological polar surface area (TPSA) is 37.3 Å². The number of halogens is 1. The molecule has 1 aromatic carbocycles. The molecule has 2 nitrogen and oxygen atoms in total. The molecule has 2 rings (SSSR count). The van der Waals surface area contributed by atoms with Crippen molar-refractivity contribution in [2.24, 2.45) is 5.92 Å². The van der Waals surface area contributed by atoms with E-state index in [1.54, 1.807) is 11.8 Å². The molecule has 1 atom stereocenters. The third-order valence-electron chi connectivity index (χ3n) is 3.19. The molecule has 0 saturated heterocycles. The van der Waals surface area contributed by atoms with Crippen LogP contribution in [0.2, 0.25) is 5.02 Å². The summed E-state index contributed by atoms with van der Waals surface area (Å²) >= 11 is 7.86. The zero-order chi connectivity index (χ0) is 12.4. The Morgan fingerprint density at radius 3 is 2.82 bits per heavy atom. The van der Waals surface area contributed by atoms with E-state index in [0.29, 0.717) is 10.9 Å². The van der Waals surface area contributed by atoms with Crippen LogP contribution in [0, 0.1) is 5.92 Å². The van der Waals surface area contributed by atoms with E-state index in [9.17, 15) is 4.79 Å². The van der Waals surface area contributed by atoms with E-state index in [2.05, 4.69) is 0 Å². The van der Waals surface area contributed by atoms with Gasteiger partial charge in [-0.1, -0.05) is 11.6 Å². The summed E-state index contributed by atoms with van der Waals surface area (Å²) < 4.78 is 0. The molecule has 92 valence electrons. The molecule has 1 aliphatic rings. The molecule has 1 unspecified atom stereocenters. The third kappa shape index (κ3) is 3.17. The minimum absolute atomic E-state index is 0.0760. The molecule has 1 N–H and O–H groups in total. The van der Waals surface area contributed by atoms with Crippen molar-refractivity contribution in [1.29, 1.82) is 0 Å². The van der Waals surface area contributed by atoms with Crippen molar-refractivity contribution < 1.29 is 9.90 Å². The Labute approximate surface area is 110 Å². The monoisotopic (exact) mass is 270 g/mol. The van der Waals surface area contributed by atoms with E-state index in [1.165, 1.54) is 0 Å². The lowest BCUT2D eigenvalue weighted by molar-refractivity contribution is -0.137. The molecule has 17 heavy (non-hydrogen) atoms. The first kappa shape index (κ1) is 12.8. The first-order valence-electron chi connectivity index (χ1n) is 5.67. The van der Waals surface area contributed by atoms with Crippen LogP contribution in [0.15, 0.2) is 23.1 Å². The number of aliphatic carboxylic acids is 1.